The topological polar surface area (TPSA) is 34.1 Å². The molecule has 0 aromatic heterocycles. The molecule has 166 valence electrons. The molecule has 2 nitrogen and oxygen atoms in total. The van der Waals surface area contributed by atoms with E-state index in [2.05, 4.69) is 86.6 Å². The third-order valence-electron chi connectivity index (χ3n) is 4.72. The molecule has 2 heteroatoms. The molecule has 0 heterocycles. The summed E-state index contributed by atoms with van der Waals surface area (Å²) in [4.78, 5) is 23.0. The Kier molecular flexibility index (Phi) is 12.3. The van der Waals surface area contributed by atoms with Gasteiger partial charge >= 0.3 is 0 Å². The number of aryl methyl sites for hydroxylation is 2. The first-order chi connectivity index (χ1) is 13.2. The second-order valence-corrected chi connectivity index (χ2v) is 11.3. The first-order valence-electron chi connectivity index (χ1n) is 11.3. The van der Waals surface area contributed by atoms with E-state index in [0.717, 1.165) is 38.5 Å². The predicted molar refractivity (Wildman–Crippen MR) is 126 cm³/mol. The van der Waals surface area contributed by atoms with E-state index in [1.807, 2.05) is 0 Å². The Balaban J connectivity index is 0.000000578. The van der Waals surface area contributed by atoms with Crippen LogP contribution in [0, 0.1) is 23.7 Å². The van der Waals surface area contributed by atoms with Crippen molar-refractivity contribution in [2.75, 3.05) is 0 Å². The number of rotatable bonds is 9. The fourth-order valence-electron chi connectivity index (χ4n) is 2.86. The van der Waals surface area contributed by atoms with Crippen molar-refractivity contribution in [1.29, 1.82) is 0 Å². The van der Waals surface area contributed by atoms with Gasteiger partial charge in [0.25, 0.3) is 0 Å². The Hall–Kier alpha value is -1.44. The summed E-state index contributed by atoms with van der Waals surface area (Å²) >= 11 is 0. The number of ketones is 2. The van der Waals surface area contributed by atoms with Crippen molar-refractivity contribution >= 4 is 11.6 Å². The van der Waals surface area contributed by atoms with Gasteiger partial charge in [0.1, 0.15) is 11.6 Å². The molecule has 0 radical (unpaired) electrons. The lowest BCUT2D eigenvalue weighted by atomic mass is 9.88. The molecule has 0 unspecified atom stereocenters. The molecular weight excluding hydrogens is 356 g/mol. The average molecular weight is 403 g/mol. The third kappa shape index (κ3) is 18.3. The molecule has 0 fully saturated rings. The summed E-state index contributed by atoms with van der Waals surface area (Å²) in [7, 11) is 0. The monoisotopic (exact) mass is 402 g/mol. The average Bonchev–Trinajstić information content (AvgIpc) is 2.55. The minimum Gasteiger partial charge on any atom is -0.300 e. The van der Waals surface area contributed by atoms with Crippen LogP contribution in [0.2, 0.25) is 0 Å². The van der Waals surface area contributed by atoms with E-state index >= 15 is 0 Å². The highest BCUT2D eigenvalue weighted by atomic mass is 16.1. The van der Waals surface area contributed by atoms with Gasteiger partial charge in [-0.3, -0.25) is 9.59 Å². The van der Waals surface area contributed by atoms with Crippen LogP contribution in [-0.4, -0.2) is 11.6 Å². The van der Waals surface area contributed by atoms with Crippen molar-refractivity contribution in [2.24, 2.45) is 16.7 Å². The second kappa shape index (κ2) is 13.0. The van der Waals surface area contributed by atoms with Crippen LogP contribution < -0.4 is 0 Å². The van der Waals surface area contributed by atoms with Crippen LogP contribution >= 0.6 is 0 Å². The maximum Gasteiger partial charge on any atom is 0.133 e. The number of carbonyl (C=O) groups is 2. The summed E-state index contributed by atoms with van der Waals surface area (Å²) in [5.41, 5.74) is 3.10. The highest BCUT2D eigenvalue weighted by Gasteiger charge is 2.14. The quantitative estimate of drug-likeness (QED) is 0.423. The van der Waals surface area contributed by atoms with Crippen LogP contribution in [0.4, 0.5) is 0 Å². The lowest BCUT2D eigenvalue weighted by Crippen LogP contribution is -2.10. The summed E-state index contributed by atoms with van der Waals surface area (Å²) in [5, 5.41) is 0. The fourth-order valence-corrected chi connectivity index (χ4v) is 2.86. The number of benzene rings is 1. The smallest absolute Gasteiger partial charge is 0.133 e. The Bertz CT molecular complexity index is 612. The highest BCUT2D eigenvalue weighted by molar-refractivity contribution is 5.79. The van der Waals surface area contributed by atoms with Gasteiger partial charge in [-0.1, -0.05) is 85.2 Å². The van der Waals surface area contributed by atoms with Crippen LogP contribution in [0.1, 0.15) is 105 Å². The molecule has 29 heavy (non-hydrogen) atoms. The van der Waals surface area contributed by atoms with Crippen LogP contribution in [0.15, 0.2) is 24.3 Å². The van der Waals surface area contributed by atoms with E-state index in [4.69, 9.17) is 0 Å². The number of carbonyl (C=O) groups excluding carboxylic acids is 2. The maximum atomic E-state index is 11.7. The fraction of sp³-hybridized carbons (Fsp3) is 0.704. The summed E-state index contributed by atoms with van der Waals surface area (Å²) < 4.78 is 0. The zero-order chi connectivity index (χ0) is 22.7. The van der Waals surface area contributed by atoms with E-state index in [1.54, 1.807) is 0 Å². The Morgan fingerprint density at radius 3 is 1.79 bits per heavy atom. The molecule has 0 aliphatic rings. The SMILES string of the molecule is CC(C)CC(=O)CCC(C)(C)C.Cc1cccc(CCC(=O)CCC(C)(C)C)c1. The number of hydrogen-bond acceptors (Lipinski definition) is 2. The van der Waals surface area contributed by atoms with E-state index in [0.29, 0.717) is 29.3 Å². The van der Waals surface area contributed by atoms with Crippen molar-refractivity contribution in [3.8, 4) is 0 Å². The van der Waals surface area contributed by atoms with E-state index in [1.165, 1.54) is 11.1 Å². The lowest BCUT2D eigenvalue weighted by Gasteiger charge is -2.17. The van der Waals surface area contributed by atoms with Gasteiger partial charge in [0.15, 0.2) is 0 Å². The normalized spacial score (nSPS) is 11.8. The number of hydrogen-bond donors (Lipinski definition) is 0. The molecule has 0 spiro atoms. The van der Waals surface area contributed by atoms with E-state index in [9.17, 15) is 9.59 Å². The van der Waals surface area contributed by atoms with E-state index in [-0.39, 0.29) is 5.41 Å². The third-order valence-corrected chi connectivity index (χ3v) is 4.72. The Morgan fingerprint density at radius 2 is 1.34 bits per heavy atom. The van der Waals surface area contributed by atoms with Crippen molar-refractivity contribution in [3.05, 3.63) is 35.4 Å². The number of Topliss-reactive ketones (excluding diaryl/α,β-unsaturated/α-hetero) is 2. The zero-order valence-electron chi connectivity index (χ0n) is 20.7. The van der Waals surface area contributed by atoms with Gasteiger partial charge in [-0.2, -0.15) is 0 Å². The van der Waals surface area contributed by atoms with Gasteiger partial charge in [0, 0.05) is 25.7 Å². The molecule has 0 saturated heterocycles. The predicted octanol–water partition coefficient (Wildman–Crippen LogP) is 7.75. The molecule has 0 N–H and O–H groups in total. The first kappa shape index (κ1) is 27.6. The standard InChI is InChI=1S/C16H24O.C11H22O/c1-13-6-5-7-14(12-13)8-9-15(17)10-11-16(2,3)4;1-9(2)8-10(12)6-7-11(3,4)5/h5-7,12H,8-11H2,1-4H3;9H,6-8H2,1-5H3. The van der Waals surface area contributed by atoms with Crippen molar-refractivity contribution in [3.63, 3.8) is 0 Å². The molecule has 1 rings (SSSR count). The summed E-state index contributed by atoms with van der Waals surface area (Å²) in [6, 6.07) is 8.41. The van der Waals surface area contributed by atoms with Crippen molar-refractivity contribution in [2.45, 2.75) is 107 Å². The highest BCUT2D eigenvalue weighted by Crippen LogP contribution is 2.22. The van der Waals surface area contributed by atoms with Crippen molar-refractivity contribution < 1.29 is 9.59 Å². The molecule has 0 aliphatic carbocycles. The van der Waals surface area contributed by atoms with Crippen LogP contribution in [0.3, 0.4) is 0 Å². The van der Waals surface area contributed by atoms with Gasteiger partial charge in [0.05, 0.1) is 0 Å². The lowest BCUT2D eigenvalue weighted by molar-refractivity contribution is -0.120. The molecule has 0 amide bonds. The van der Waals surface area contributed by atoms with Gasteiger partial charge < -0.3 is 0 Å². The van der Waals surface area contributed by atoms with Crippen LogP contribution in [0.25, 0.3) is 0 Å². The minimum atomic E-state index is 0.263. The van der Waals surface area contributed by atoms with E-state index < -0.39 is 0 Å². The molecule has 0 bridgehead atoms. The van der Waals surface area contributed by atoms with Crippen LogP contribution in [-0.2, 0) is 16.0 Å². The van der Waals surface area contributed by atoms with Crippen molar-refractivity contribution in [1.82, 2.24) is 0 Å². The summed E-state index contributed by atoms with van der Waals surface area (Å²) in [5.74, 6) is 1.32. The largest absolute Gasteiger partial charge is 0.300 e. The summed E-state index contributed by atoms with van der Waals surface area (Å²) in [6.45, 7) is 19.3. The molecule has 0 saturated carbocycles. The summed E-state index contributed by atoms with van der Waals surface area (Å²) in [6.07, 6.45) is 5.77. The first-order valence-corrected chi connectivity index (χ1v) is 11.3. The zero-order valence-corrected chi connectivity index (χ0v) is 20.7. The Morgan fingerprint density at radius 1 is 0.828 bits per heavy atom. The molecule has 0 atom stereocenters. The molecule has 0 aliphatic heterocycles. The van der Waals surface area contributed by atoms with Gasteiger partial charge in [-0.05, 0) is 48.5 Å². The maximum absolute atomic E-state index is 11.7. The van der Waals surface area contributed by atoms with Gasteiger partial charge in [0.2, 0.25) is 0 Å². The Labute approximate surface area is 180 Å². The van der Waals surface area contributed by atoms with Gasteiger partial charge in [-0.25, -0.2) is 0 Å². The second-order valence-electron chi connectivity index (χ2n) is 11.3. The van der Waals surface area contributed by atoms with Gasteiger partial charge in [-0.15, -0.1) is 0 Å². The molecule has 1 aromatic rings. The van der Waals surface area contributed by atoms with Crippen LogP contribution in [0.5, 0.6) is 0 Å². The molecular formula is C27H46O2. The minimum absolute atomic E-state index is 0.263. The molecule has 1 aromatic carbocycles.